The molecule has 1 aliphatic rings. The van der Waals surface area contributed by atoms with Crippen molar-refractivity contribution in [2.45, 2.75) is 32.9 Å². The zero-order chi connectivity index (χ0) is 14.0. The number of anilines is 1. The number of nitrogens with zero attached hydrogens (tertiary/aromatic N) is 4. The molecule has 2 rings (SSSR count). The van der Waals surface area contributed by atoms with Gasteiger partial charge in [-0.25, -0.2) is 0 Å². The minimum absolute atomic E-state index is 0.00552. The number of hydrogen-bond acceptors (Lipinski definition) is 4. The smallest absolute Gasteiger partial charge is 0.242 e. The first kappa shape index (κ1) is 13.7. The van der Waals surface area contributed by atoms with Crippen molar-refractivity contribution in [3.63, 3.8) is 0 Å². The lowest BCUT2D eigenvalue weighted by Crippen LogP contribution is -2.55. The van der Waals surface area contributed by atoms with E-state index in [1.807, 2.05) is 18.7 Å². The van der Waals surface area contributed by atoms with Gasteiger partial charge in [-0.05, 0) is 13.3 Å². The third kappa shape index (κ3) is 2.26. The van der Waals surface area contributed by atoms with Crippen LogP contribution in [0.5, 0.6) is 0 Å². The van der Waals surface area contributed by atoms with E-state index < -0.39 is 0 Å². The van der Waals surface area contributed by atoms with Gasteiger partial charge in [-0.3, -0.25) is 4.79 Å². The lowest BCUT2D eigenvalue weighted by atomic mass is 10.1. The quantitative estimate of drug-likeness (QED) is 0.902. The number of carbonyl (C=O) groups is 1. The Morgan fingerprint density at radius 1 is 1.58 bits per heavy atom. The molecule has 1 saturated heterocycles. The number of halogens is 1. The summed E-state index contributed by atoms with van der Waals surface area (Å²) < 4.78 is 1.75. The fourth-order valence-corrected chi connectivity index (χ4v) is 2.62. The Labute approximate surface area is 117 Å². The van der Waals surface area contributed by atoms with Crippen molar-refractivity contribution in [2.75, 3.05) is 18.0 Å². The van der Waals surface area contributed by atoms with Crippen LogP contribution in [-0.2, 0) is 11.3 Å². The summed E-state index contributed by atoms with van der Waals surface area (Å²) in [5, 5.41) is 12.2. The zero-order valence-corrected chi connectivity index (χ0v) is 11.7. The summed E-state index contributed by atoms with van der Waals surface area (Å²) in [6.07, 6.45) is 0.682. The highest BCUT2D eigenvalue weighted by Gasteiger charge is 2.32. The van der Waals surface area contributed by atoms with Crippen LogP contribution in [0.1, 0.15) is 26.0 Å². The summed E-state index contributed by atoms with van der Waals surface area (Å²) in [4.78, 5) is 18.1. The molecular formula is C12H16ClN5O. The van der Waals surface area contributed by atoms with Gasteiger partial charge in [0.2, 0.25) is 11.9 Å². The Balaban J connectivity index is 2.46. The summed E-state index contributed by atoms with van der Waals surface area (Å²) in [6.45, 7) is 5.71. The second-order valence-electron chi connectivity index (χ2n) is 4.32. The van der Waals surface area contributed by atoms with E-state index in [4.69, 9.17) is 16.9 Å². The van der Waals surface area contributed by atoms with Gasteiger partial charge in [0.15, 0.2) is 10.8 Å². The van der Waals surface area contributed by atoms with E-state index in [1.54, 1.807) is 4.57 Å². The fraction of sp³-hybridized carbons (Fsp3) is 0.583. The molecule has 102 valence electrons. The van der Waals surface area contributed by atoms with E-state index in [1.165, 1.54) is 0 Å². The lowest BCUT2D eigenvalue weighted by molar-refractivity contribution is -0.123. The number of rotatable bonds is 3. The number of carbonyl (C=O) groups excluding carboxylic acids is 1. The molecule has 1 fully saturated rings. The summed E-state index contributed by atoms with van der Waals surface area (Å²) >= 11 is 5.99. The number of amides is 1. The van der Waals surface area contributed by atoms with Gasteiger partial charge in [-0.1, -0.05) is 18.5 Å². The second-order valence-corrected chi connectivity index (χ2v) is 4.67. The monoisotopic (exact) mass is 281 g/mol. The van der Waals surface area contributed by atoms with Crippen molar-refractivity contribution in [2.24, 2.45) is 0 Å². The van der Waals surface area contributed by atoms with Crippen molar-refractivity contribution < 1.29 is 4.79 Å². The van der Waals surface area contributed by atoms with Crippen LogP contribution in [0.4, 0.5) is 5.95 Å². The van der Waals surface area contributed by atoms with Gasteiger partial charge in [-0.15, -0.1) is 0 Å². The van der Waals surface area contributed by atoms with E-state index >= 15 is 0 Å². The van der Waals surface area contributed by atoms with E-state index in [9.17, 15) is 4.79 Å². The van der Waals surface area contributed by atoms with Gasteiger partial charge in [0, 0.05) is 19.6 Å². The highest BCUT2D eigenvalue weighted by atomic mass is 35.5. The summed E-state index contributed by atoms with van der Waals surface area (Å²) in [5.74, 6) is 0.597. The summed E-state index contributed by atoms with van der Waals surface area (Å²) in [7, 11) is 0. The van der Waals surface area contributed by atoms with E-state index in [2.05, 4.69) is 16.4 Å². The molecule has 1 N–H and O–H groups in total. The van der Waals surface area contributed by atoms with Gasteiger partial charge >= 0.3 is 0 Å². The van der Waals surface area contributed by atoms with Gasteiger partial charge in [0.25, 0.3) is 0 Å². The molecule has 19 heavy (non-hydrogen) atoms. The molecule has 7 heteroatoms. The molecule has 6 nitrogen and oxygen atoms in total. The maximum absolute atomic E-state index is 11.9. The average Bonchev–Trinajstić information content (AvgIpc) is 2.74. The predicted molar refractivity (Wildman–Crippen MR) is 72.1 cm³/mol. The van der Waals surface area contributed by atoms with Gasteiger partial charge in [-0.2, -0.15) is 10.2 Å². The molecule has 1 aromatic heterocycles. The average molecular weight is 282 g/mol. The van der Waals surface area contributed by atoms with E-state index in [0.717, 1.165) is 0 Å². The number of nitrogens with one attached hydrogen (secondary N) is 1. The van der Waals surface area contributed by atoms with Crippen LogP contribution < -0.4 is 10.2 Å². The van der Waals surface area contributed by atoms with Crippen molar-refractivity contribution in [3.8, 4) is 6.07 Å². The Hall–Kier alpha value is -1.74. The van der Waals surface area contributed by atoms with E-state index in [0.29, 0.717) is 37.7 Å². The Bertz CT molecular complexity index is 533. The molecule has 0 aliphatic carbocycles. The van der Waals surface area contributed by atoms with Gasteiger partial charge in [0.1, 0.15) is 12.1 Å². The van der Waals surface area contributed by atoms with Crippen LogP contribution in [0.3, 0.4) is 0 Å². The fourth-order valence-electron chi connectivity index (χ4n) is 2.40. The van der Waals surface area contributed by atoms with Crippen LogP contribution in [0.15, 0.2) is 0 Å². The molecule has 2 heterocycles. The van der Waals surface area contributed by atoms with E-state index in [-0.39, 0.29) is 17.1 Å². The standard InChI is InChI=1S/C12H16ClN5O/c1-3-8-11(19)15-5-6-18(8)12-16-10(13)9(7-14)17(12)4-2/h8H,3-6H2,1-2H3,(H,15,19). The van der Waals surface area contributed by atoms with Crippen LogP contribution in [-0.4, -0.2) is 34.6 Å². The first-order chi connectivity index (χ1) is 9.13. The number of piperazine rings is 1. The maximum Gasteiger partial charge on any atom is 0.242 e. The van der Waals surface area contributed by atoms with Crippen LogP contribution in [0, 0.1) is 11.3 Å². The van der Waals surface area contributed by atoms with Crippen molar-refractivity contribution in [1.29, 1.82) is 5.26 Å². The molecule has 0 bridgehead atoms. The number of imidazole rings is 1. The Kier molecular flexibility index (Phi) is 3.96. The minimum Gasteiger partial charge on any atom is -0.353 e. The highest BCUT2D eigenvalue weighted by Crippen LogP contribution is 2.26. The molecule has 1 aliphatic heterocycles. The molecule has 1 unspecified atom stereocenters. The first-order valence-corrected chi connectivity index (χ1v) is 6.72. The molecule has 0 aromatic carbocycles. The zero-order valence-electron chi connectivity index (χ0n) is 11.0. The van der Waals surface area contributed by atoms with Crippen molar-refractivity contribution in [3.05, 3.63) is 10.8 Å². The number of nitriles is 1. The summed E-state index contributed by atoms with van der Waals surface area (Å²) in [6, 6.07) is 1.80. The maximum atomic E-state index is 11.9. The van der Waals surface area contributed by atoms with Gasteiger partial charge in [0.05, 0.1) is 0 Å². The van der Waals surface area contributed by atoms with Gasteiger partial charge < -0.3 is 14.8 Å². The first-order valence-electron chi connectivity index (χ1n) is 6.34. The SMILES string of the molecule is CCC1C(=O)NCCN1c1nc(Cl)c(C#N)n1CC. The second kappa shape index (κ2) is 5.49. The van der Waals surface area contributed by atoms with Crippen LogP contribution >= 0.6 is 11.6 Å². The van der Waals surface area contributed by atoms with Crippen molar-refractivity contribution in [1.82, 2.24) is 14.9 Å². The molecule has 1 aromatic rings. The normalized spacial score (nSPS) is 19.2. The molecule has 1 atom stereocenters. The minimum atomic E-state index is -0.260. The molecule has 0 saturated carbocycles. The van der Waals surface area contributed by atoms with Crippen LogP contribution in [0.2, 0.25) is 5.15 Å². The number of hydrogen-bond donors (Lipinski definition) is 1. The van der Waals surface area contributed by atoms with Crippen LogP contribution in [0.25, 0.3) is 0 Å². The Morgan fingerprint density at radius 3 is 2.89 bits per heavy atom. The highest BCUT2D eigenvalue weighted by molar-refractivity contribution is 6.30. The largest absolute Gasteiger partial charge is 0.353 e. The summed E-state index contributed by atoms with van der Waals surface area (Å²) in [5.41, 5.74) is 0.347. The predicted octanol–water partition coefficient (Wildman–Crippen LogP) is 1.14. The van der Waals surface area contributed by atoms with Crippen molar-refractivity contribution >= 4 is 23.5 Å². The molecule has 0 radical (unpaired) electrons. The Morgan fingerprint density at radius 2 is 2.32 bits per heavy atom. The number of aromatic nitrogens is 2. The third-order valence-corrected chi connectivity index (χ3v) is 3.56. The molecule has 1 amide bonds. The molecule has 0 spiro atoms. The third-order valence-electron chi connectivity index (χ3n) is 3.30. The molecular weight excluding hydrogens is 266 g/mol. The lowest BCUT2D eigenvalue weighted by Gasteiger charge is -2.35. The topological polar surface area (TPSA) is 74.0 Å².